The number of halogens is 1. The Morgan fingerprint density at radius 3 is 2.85 bits per heavy atom. The average molecular weight is 245 g/mol. The fraction of sp³-hybridized carbons (Fsp3) is 0.556. The molecule has 0 aliphatic heterocycles. The highest BCUT2D eigenvalue weighted by molar-refractivity contribution is 9.09. The van der Waals surface area contributed by atoms with Gasteiger partial charge in [-0.1, -0.05) is 29.8 Å². The zero-order valence-corrected chi connectivity index (χ0v) is 9.41. The van der Waals surface area contributed by atoms with E-state index in [1.807, 2.05) is 0 Å². The fourth-order valence-corrected chi connectivity index (χ4v) is 1.13. The molecule has 1 rings (SSSR count). The summed E-state index contributed by atoms with van der Waals surface area (Å²) < 4.78 is 1.49. The number of nitrogens with zero attached hydrogens (tertiary/aromatic N) is 2. The molecule has 0 aliphatic rings. The summed E-state index contributed by atoms with van der Waals surface area (Å²) in [7, 11) is 0. The van der Waals surface area contributed by atoms with E-state index in [1.165, 1.54) is 10.7 Å². The first kappa shape index (κ1) is 10.4. The Morgan fingerprint density at radius 1 is 1.62 bits per heavy atom. The number of alkyl halides is 1. The first-order chi connectivity index (χ1) is 6.05. The Kier molecular flexibility index (Phi) is 3.25. The Morgan fingerprint density at radius 2 is 2.31 bits per heavy atom. The van der Waals surface area contributed by atoms with Gasteiger partial charge in [0.25, 0.3) is 5.56 Å². The standard InChI is InChI=1S/C9H13BrN2O/c1-9(2,6-10)7-12-8(13)4-3-5-11-12/h3-5H,6-7H2,1-2H3. The molecule has 0 atom stereocenters. The molecule has 0 aromatic carbocycles. The summed E-state index contributed by atoms with van der Waals surface area (Å²) in [5.74, 6) is 0. The van der Waals surface area contributed by atoms with Crippen molar-refractivity contribution in [3.63, 3.8) is 0 Å². The summed E-state index contributed by atoms with van der Waals surface area (Å²) in [6.45, 7) is 4.81. The molecule has 72 valence electrons. The van der Waals surface area contributed by atoms with Crippen LogP contribution in [0.3, 0.4) is 0 Å². The molecule has 0 N–H and O–H groups in total. The van der Waals surface area contributed by atoms with Gasteiger partial charge < -0.3 is 0 Å². The van der Waals surface area contributed by atoms with Gasteiger partial charge in [-0.3, -0.25) is 4.79 Å². The third kappa shape index (κ3) is 2.95. The van der Waals surface area contributed by atoms with Crippen LogP contribution in [0, 0.1) is 5.41 Å². The van der Waals surface area contributed by atoms with Gasteiger partial charge >= 0.3 is 0 Å². The quantitative estimate of drug-likeness (QED) is 0.759. The summed E-state index contributed by atoms with van der Waals surface area (Å²) in [6, 6.07) is 3.18. The third-order valence-corrected chi connectivity index (χ3v) is 3.24. The second kappa shape index (κ2) is 4.05. The molecule has 0 amide bonds. The smallest absolute Gasteiger partial charge is 0.266 e. The highest BCUT2D eigenvalue weighted by atomic mass is 79.9. The van der Waals surface area contributed by atoms with Crippen LogP contribution in [-0.2, 0) is 6.54 Å². The van der Waals surface area contributed by atoms with E-state index in [2.05, 4.69) is 34.9 Å². The molecule has 0 radical (unpaired) electrons. The summed E-state index contributed by atoms with van der Waals surface area (Å²) in [5.41, 5.74) is 0.00887. The predicted octanol–water partition coefficient (Wildman–Crippen LogP) is 1.66. The Balaban J connectivity index is 2.87. The monoisotopic (exact) mass is 244 g/mol. The van der Waals surface area contributed by atoms with Gasteiger partial charge in [-0.05, 0) is 11.5 Å². The van der Waals surface area contributed by atoms with Gasteiger partial charge in [0.15, 0.2) is 0 Å². The molecule has 0 aliphatic carbocycles. The second-order valence-corrected chi connectivity index (χ2v) is 4.38. The predicted molar refractivity (Wildman–Crippen MR) is 56.1 cm³/mol. The molecule has 0 unspecified atom stereocenters. The Bertz CT molecular complexity index is 332. The SMILES string of the molecule is CC(C)(CBr)Cn1ncccc1=O. The highest BCUT2D eigenvalue weighted by Crippen LogP contribution is 2.19. The van der Waals surface area contributed by atoms with E-state index in [0.29, 0.717) is 6.54 Å². The number of aromatic nitrogens is 2. The Hall–Kier alpha value is -0.640. The first-order valence-electron chi connectivity index (χ1n) is 4.13. The van der Waals surface area contributed by atoms with E-state index in [4.69, 9.17) is 0 Å². The maximum atomic E-state index is 11.3. The minimum atomic E-state index is -0.0449. The molecule has 0 fully saturated rings. The van der Waals surface area contributed by atoms with Crippen LogP contribution in [0.25, 0.3) is 0 Å². The lowest BCUT2D eigenvalue weighted by molar-refractivity contribution is 0.326. The lowest BCUT2D eigenvalue weighted by Gasteiger charge is -2.21. The largest absolute Gasteiger partial charge is 0.268 e. The third-order valence-electron chi connectivity index (χ3n) is 1.72. The molecular formula is C9H13BrN2O. The summed E-state index contributed by atoms with van der Waals surface area (Å²) in [4.78, 5) is 11.3. The van der Waals surface area contributed by atoms with Crippen molar-refractivity contribution in [1.29, 1.82) is 0 Å². The molecule has 0 spiro atoms. The average Bonchev–Trinajstić information content (AvgIpc) is 2.09. The number of hydrogen-bond acceptors (Lipinski definition) is 2. The molecule has 1 heterocycles. The first-order valence-corrected chi connectivity index (χ1v) is 5.25. The lowest BCUT2D eigenvalue weighted by Crippen LogP contribution is -2.30. The van der Waals surface area contributed by atoms with Crippen molar-refractivity contribution in [3.8, 4) is 0 Å². The van der Waals surface area contributed by atoms with Gasteiger partial charge in [0.1, 0.15) is 0 Å². The maximum absolute atomic E-state index is 11.3. The number of rotatable bonds is 3. The van der Waals surface area contributed by atoms with Crippen molar-refractivity contribution in [3.05, 3.63) is 28.7 Å². The summed E-state index contributed by atoms with van der Waals surface area (Å²) in [5, 5.41) is 4.84. The lowest BCUT2D eigenvalue weighted by atomic mass is 9.97. The van der Waals surface area contributed by atoms with Crippen LogP contribution in [-0.4, -0.2) is 15.1 Å². The van der Waals surface area contributed by atoms with Gasteiger partial charge in [0.05, 0.1) is 6.54 Å². The molecule has 0 saturated heterocycles. The van der Waals surface area contributed by atoms with Gasteiger partial charge in [-0.25, -0.2) is 4.68 Å². The van der Waals surface area contributed by atoms with E-state index < -0.39 is 0 Å². The van der Waals surface area contributed by atoms with Crippen molar-refractivity contribution in [2.75, 3.05) is 5.33 Å². The topological polar surface area (TPSA) is 34.9 Å². The van der Waals surface area contributed by atoms with E-state index in [-0.39, 0.29) is 11.0 Å². The zero-order valence-electron chi connectivity index (χ0n) is 7.83. The van der Waals surface area contributed by atoms with E-state index in [1.54, 1.807) is 12.3 Å². The van der Waals surface area contributed by atoms with Crippen molar-refractivity contribution < 1.29 is 0 Å². The molecule has 1 aromatic heterocycles. The van der Waals surface area contributed by atoms with Gasteiger partial charge in [-0.15, -0.1) is 0 Å². The highest BCUT2D eigenvalue weighted by Gasteiger charge is 2.17. The van der Waals surface area contributed by atoms with Crippen molar-refractivity contribution in [1.82, 2.24) is 9.78 Å². The van der Waals surface area contributed by atoms with Crippen molar-refractivity contribution in [2.45, 2.75) is 20.4 Å². The molecule has 0 saturated carbocycles. The molecule has 13 heavy (non-hydrogen) atoms. The van der Waals surface area contributed by atoms with Crippen molar-refractivity contribution >= 4 is 15.9 Å². The van der Waals surface area contributed by atoms with Crippen LogP contribution < -0.4 is 5.56 Å². The molecule has 1 aromatic rings. The molecular weight excluding hydrogens is 232 g/mol. The summed E-state index contributed by atoms with van der Waals surface area (Å²) in [6.07, 6.45) is 1.63. The maximum Gasteiger partial charge on any atom is 0.266 e. The minimum Gasteiger partial charge on any atom is -0.268 e. The van der Waals surface area contributed by atoms with E-state index >= 15 is 0 Å². The minimum absolute atomic E-state index is 0.0449. The van der Waals surface area contributed by atoms with Crippen LogP contribution in [0.5, 0.6) is 0 Å². The summed E-state index contributed by atoms with van der Waals surface area (Å²) >= 11 is 3.41. The Labute approximate surface area is 85.9 Å². The molecule has 4 heteroatoms. The second-order valence-electron chi connectivity index (χ2n) is 3.82. The van der Waals surface area contributed by atoms with Crippen LogP contribution in [0.4, 0.5) is 0 Å². The fourth-order valence-electron chi connectivity index (χ4n) is 0.954. The normalized spacial score (nSPS) is 11.6. The zero-order chi connectivity index (χ0) is 9.90. The molecule has 3 nitrogen and oxygen atoms in total. The van der Waals surface area contributed by atoms with Crippen LogP contribution in [0.15, 0.2) is 23.1 Å². The molecule has 0 bridgehead atoms. The van der Waals surface area contributed by atoms with Crippen LogP contribution >= 0.6 is 15.9 Å². The van der Waals surface area contributed by atoms with Gasteiger partial charge in [0.2, 0.25) is 0 Å². The van der Waals surface area contributed by atoms with Crippen LogP contribution in [0.1, 0.15) is 13.8 Å². The van der Waals surface area contributed by atoms with Crippen molar-refractivity contribution in [2.24, 2.45) is 5.41 Å². The van der Waals surface area contributed by atoms with Gasteiger partial charge in [-0.2, -0.15) is 5.10 Å². The van der Waals surface area contributed by atoms with Gasteiger partial charge in [0, 0.05) is 17.6 Å². The van der Waals surface area contributed by atoms with Crippen LogP contribution in [0.2, 0.25) is 0 Å². The number of hydrogen-bond donors (Lipinski definition) is 0. The van der Waals surface area contributed by atoms with E-state index in [9.17, 15) is 4.79 Å². The van der Waals surface area contributed by atoms with E-state index in [0.717, 1.165) is 5.33 Å².